The normalized spacial score (nSPS) is 16.7. The molecule has 1 fully saturated rings. The second kappa shape index (κ2) is 7.79. The van der Waals surface area contributed by atoms with E-state index in [1.807, 2.05) is 0 Å². The summed E-state index contributed by atoms with van der Waals surface area (Å²) in [5.74, 6) is -3.90. The Balaban J connectivity index is 1.71. The second-order valence-electron chi connectivity index (χ2n) is 6.62. The largest absolute Gasteiger partial charge is 0.446 e. The average molecular weight is 391 g/mol. The molecule has 1 unspecified atom stereocenters. The molecular formula is C19H19F2N3O4. The van der Waals surface area contributed by atoms with Gasteiger partial charge in [-0.05, 0) is 43.2 Å². The zero-order valence-corrected chi connectivity index (χ0v) is 15.2. The molecule has 1 aliphatic heterocycles. The number of piperidine rings is 1. The molecule has 0 spiro atoms. The van der Waals surface area contributed by atoms with Crippen molar-refractivity contribution in [2.75, 3.05) is 20.1 Å². The predicted octanol–water partition coefficient (Wildman–Crippen LogP) is 2.03. The lowest BCUT2D eigenvalue weighted by atomic mass is 10.0. The molecule has 2 N–H and O–H groups in total. The van der Waals surface area contributed by atoms with Crippen molar-refractivity contribution in [3.63, 3.8) is 0 Å². The Morgan fingerprint density at radius 2 is 1.86 bits per heavy atom. The first-order valence-electron chi connectivity index (χ1n) is 8.69. The third-order valence-electron chi connectivity index (χ3n) is 4.78. The molecule has 0 radical (unpaired) electrons. The van der Waals surface area contributed by atoms with E-state index in [4.69, 9.17) is 10.2 Å². The Morgan fingerprint density at radius 3 is 2.50 bits per heavy atom. The van der Waals surface area contributed by atoms with Gasteiger partial charge in [0, 0.05) is 31.7 Å². The van der Waals surface area contributed by atoms with Crippen molar-refractivity contribution in [2.45, 2.75) is 18.9 Å². The number of benzene rings is 1. The van der Waals surface area contributed by atoms with Gasteiger partial charge in [-0.15, -0.1) is 0 Å². The van der Waals surface area contributed by atoms with Gasteiger partial charge in [-0.1, -0.05) is 0 Å². The highest BCUT2D eigenvalue weighted by Crippen LogP contribution is 2.20. The van der Waals surface area contributed by atoms with Crippen LogP contribution in [0.4, 0.5) is 8.78 Å². The highest BCUT2D eigenvalue weighted by Gasteiger charge is 2.31. The van der Waals surface area contributed by atoms with Gasteiger partial charge in [0.15, 0.2) is 23.2 Å². The van der Waals surface area contributed by atoms with E-state index in [0.29, 0.717) is 19.4 Å². The summed E-state index contributed by atoms with van der Waals surface area (Å²) in [5, 5.41) is 0. The molecule has 2 aromatic rings. The van der Waals surface area contributed by atoms with Crippen LogP contribution >= 0.6 is 0 Å². The van der Waals surface area contributed by atoms with Crippen molar-refractivity contribution in [1.29, 1.82) is 0 Å². The number of hydrogen-bond donors (Lipinski definition) is 1. The molecule has 0 bridgehead atoms. The number of rotatable bonds is 4. The van der Waals surface area contributed by atoms with E-state index in [9.17, 15) is 23.2 Å². The van der Waals surface area contributed by atoms with Gasteiger partial charge >= 0.3 is 0 Å². The quantitative estimate of drug-likeness (QED) is 0.863. The summed E-state index contributed by atoms with van der Waals surface area (Å²) in [5.41, 5.74) is 5.17. The molecule has 0 aliphatic carbocycles. The molecule has 1 saturated heterocycles. The molecular weight excluding hydrogens is 372 g/mol. The minimum atomic E-state index is -1.09. The molecule has 3 rings (SSSR count). The van der Waals surface area contributed by atoms with Crippen molar-refractivity contribution in [1.82, 2.24) is 9.80 Å². The van der Waals surface area contributed by atoms with E-state index >= 15 is 0 Å². The number of likely N-dealkylation sites (tertiary alicyclic amines) is 1. The van der Waals surface area contributed by atoms with Crippen LogP contribution in [0.5, 0.6) is 0 Å². The Hall–Kier alpha value is -3.23. The van der Waals surface area contributed by atoms with Crippen LogP contribution < -0.4 is 5.73 Å². The number of primary amides is 1. The van der Waals surface area contributed by atoms with Gasteiger partial charge in [0.05, 0.1) is 0 Å². The van der Waals surface area contributed by atoms with Crippen LogP contribution in [0.25, 0.3) is 0 Å². The van der Waals surface area contributed by atoms with E-state index in [0.717, 1.165) is 12.1 Å². The maximum atomic E-state index is 13.4. The van der Waals surface area contributed by atoms with E-state index in [1.165, 1.54) is 28.0 Å². The lowest BCUT2D eigenvalue weighted by Crippen LogP contribution is -2.50. The number of likely N-dealkylation sites (N-methyl/N-ethyl adjacent to an activating group) is 1. The number of furan rings is 1. The molecule has 2 heterocycles. The molecule has 0 saturated carbocycles. The smallest absolute Gasteiger partial charge is 0.289 e. The number of nitrogens with zero attached hydrogens (tertiary/aromatic N) is 2. The van der Waals surface area contributed by atoms with Crippen molar-refractivity contribution < 1.29 is 27.6 Å². The average Bonchev–Trinajstić information content (AvgIpc) is 3.19. The van der Waals surface area contributed by atoms with Crippen LogP contribution in [0.2, 0.25) is 0 Å². The van der Waals surface area contributed by atoms with Gasteiger partial charge in [0.2, 0.25) is 0 Å². The van der Waals surface area contributed by atoms with E-state index in [-0.39, 0.29) is 29.7 Å². The fraction of sp³-hybridized carbons (Fsp3) is 0.316. The standard InChI is InChI=1S/C19H19F2N3O4/c1-23(19(27)16-7-6-15(28-16)17(22)25)12-3-2-8-24(10-12)18(26)11-4-5-13(20)14(21)9-11/h4-7,9,12H,2-3,8,10H2,1H3,(H2,22,25). The molecule has 3 amide bonds. The molecule has 9 heteroatoms. The summed E-state index contributed by atoms with van der Waals surface area (Å²) in [6, 6.07) is 5.40. The molecule has 1 aromatic heterocycles. The van der Waals surface area contributed by atoms with Gasteiger partial charge in [-0.2, -0.15) is 0 Å². The van der Waals surface area contributed by atoms with Gasteiger partial charge in [-0.3, -0.25) is 14.4 Å². The van der Waals surface area contributed by atoms with Crippen LogP contribution in [0.1, 0.15) is 44.3 Å². The van der Waals surface area contributed by atoms with Crippen LogP contribution in [-0.2, 0) is 0 Å². The molecule has 7 nitrogen and oxygen atoms in total. The Bertz CT molecular complexity index is 928. The summed E-state index contributed by atoms with van der Waals surface area (Å²) in [4.78, 5) is 39.3. The summed E-state index contributed by atoms with van der Waals surface area (Å²) in [6.45, 7) is 0.687. The SMILES string of the molecule is CN(C(=O)c1ccc(C(N)=O)o1)C1CCCN(C(=O)c2ccc(F)c(F)c2)C1. The Labute approximate surface area is 159 Å². The molecule has 1 aliphatic rings. The van der Waals surface area contributed by atoms with Crippen molar-refractivity contribution in [3.8, 4) is 0 Å². The summed E-state index contributed by atoms with van der Waals surface area (Å²) < 4.78 is 31.7. The Kier molecular flexibility index (Phi) is 5.43. The number of carbonyl (C=O) groups is 3. The van der Waals surface area contributed by atoms with Crippen LogP contribution in [-0.4, -0.2) is 53.7 Å². The zero-order chi connectivity index (χ0) is 20.4. The first-order valence-corrected chi connectivity index (χ1v) is 8.69. The molecule has 28 heavy (non-hydrogen) atoms. The third kappa shape index (κ3) is 3.88. The second-order valence-corrected chi connectivity index (χ2v) is 6.62. The minimum Gasteiger partial charge on any atom is -0.446 e. The highest BCUT2D eigenvalue weighted by molar-refractivity contribution is 5.96. The van der Waals surface area contributed by atoms with E-state index in [1.54, 1.807) is 7.05 Å². The maximum Gasteiger partial charge on any atom is 0.289 e. The first-order chi connectivity index (χ1) is 13.3. The maximum absolute atomic E-state index is 13.4. The van der Waals surface area contributed by atoms with Crippen molar-refractivity contribution in [3.05, 3.63) is 59.1 Å². The number of carbonyl (C=O) groups excluding carboxylic acids is 3. The van der Waals surface area contributed by atoms with Crippen LogP contribution in [0.15, 0.2) is 34.7 Å². The lowest BCUT2D eigenvalue weighted by molar-refractivity contribution is 0.0503. The van der Waals surface area contributed by atoms with E-state index < -0.39 is 29.4 Å². The number of amides is 3. The van der Waals surface area contributed by atoms with Crippen molar-refractivity contribution >= 4 is 17.7 Å². The summed E-state index contributed by atoms with van der Waals surface area (Å²) >= 11 is 0. The zero-order valence-electron chi connectivity index (χ0n) is 15.2. The topological polar surface area (TPSA) is 96.8 Å². The lowest BCUT2D eigenvalue weighted by Gasteiger charge is -2.37. The van der Waals surface area contributed by atoms with Gasteiger partial charge < -0.3 is 20.0 Å². The predicted molar refractivity (Wildman–Crippen MR) is 94.6 cm³/mol. The van der Waals surface area contributed by atoms with Crippen LogP contribution in [0, 0.1) is 11.6 Å². The summed E-state index contributed by atoms with van der Waals surface area (Å²) in [6.07, 6.45) is 1.30. The fourth-order valence-corrected chi connectivity index (χ4v) is 3.19. The number of halogens is 2. The fourth-order valence-electron chi connectivity index (χ4n) is 3.19. The van der Waals surface area contributed by atoms with Gasteiger partial charge in [-0.25, -0.2) is 8.78 Å². The number of hydrogen-bond acceptors (Lipinski definition) is 4. The van der Waals surface area contributed by atoms with E-state index in [2.05, 4.69) is 0 Å². The van der Waals surface area contributed by atoms with Gasteiger partial charge in [0.25, 0.3) is 17.7 Å². The van der Waals surface area contributed by atoms with Crippen molar-refractivity contribution in [2.24, 2.45) is 5.73 Å². The first kappa shape index (κ1) is 19.5. The number of nitrogens with two attached hydrogens (primary N) is 1. The van der Waals surface area contributed by atoms with Crippen LogP contribution in [0.3, 0.4) is 0 Å². The Morgan fingerprint density at radius 1 is 1.14 bits per heavy atom. The summed E-state index contributed by atoms with van der Waals surface area (Å²) in [7, 11) is 1.57. The third-order valence-corrected chi connectivity index (χ3v) is 4.78. The van der Waals surface area contributed by atoms with Gasteiger partial charge in [0.1, 0.15) is 0 Å². The molecule has 1 aromatic carbocycles. The highest BCUT2D eigenvalue weighted by atomic mass is 19.2. The monoisotopic (exact) mass is 391 g/mol. The molecule has 148 valence electrons. The molecule has 1 atom stereocenters. The minimum absolute atomic E-state index is 0.0274.